The van der Waals surface area contributed by atoms with Crippen molar-refractivity contribution < 1.29 is 14.4 Å². The lowest BCUT2D eigenvalue weighted by Crippen LogP contribution is -2.52. The molecule has 1 saturated heterocycles. The van der Waals surface area contributed by atoms with Crippen molar-refractivity contribution in [2.24, 2.45) is 5.92 Å². The van der Waals surface area contributed by atoms with Crippen LogP contribution in [0.3, 0.4) is 0 Å². The van der Waals surface area contributed by atoms with E-state index in [4.69, 9.17) is 11.6 Å². The highest BCUT2D eigenvalue weighted by Gasteiger charge is 2.31. The van der Waals surface area contributed by atoms with Crippen LogP contribution in [0, 0.1) is 12.8 Å². The molecule has 0 radical (unpaired) electrons. The molecule has 0 bridgehead atoms. The van der Waals surface area contributed by atoms with Crippen molar-refractivity contribution in [1.82, 2.24) is 15.1 Å². The van der Waals surface area contributed by atoms with Gasteiger partial charge in [-0.2, -0.15) is 0 Å². The minimum Gasteiger partial charge on any atom is -0.338 e. The van der Waals surface area contributed by atoms with E-state index >= 15 is 0 Å². The molecule has 1 fully saturated rings. The molecule has 3 amide bonds. The summed E-state index contributed by atoms with van der Waals surface area (Å²) in [7, 11) is 0. The fraction of sp³-hybridized carbons (Fsp3) is 0.567. The molecule has 1 aliphatic heterocycles. The maximum atomic E-state index is 13.4. The van der Waals surface area contributed by atoms with Gasteiger partial charge in [0.15, 0.2) is 0 Å². The molecule has 2 N–H and O–H groups in total. The van der Waals surface area contributed by atoms with E-state index in [9.17, 15) is 14.4 Å². The number of hydrogen-bond acceptors (Lipinski definition) is 5. The number of anilines is 1. The Hall–Kier alpha value is -2.42. The van der Waals surface area contributed by atoms with Crippen molar-refractivity contribution in [2.45, 2.75) is 72.3 Å². The Bertz CT molecular complexity index is 1140. The number of thiophene rings is 1. The van der Waals surface area contributed by atoms with Gasteiger partial charge in [-0.25, -0.2) is 0 Å². The Kier molecular flexibility index (Phi) is 11.4. The zero-order chi connectivity index (χ0) is 28.6. The lowest BCUT2D eigenvalue weighted by molar-refractivity contribution is -0.120. The van der Waals surface area contributed by atoms with Crippen LogP contribution in [-0.2, 0) is 4.79 Å². The number of nitrogens with zero attached hydrogens (tertiary/aromatic N) is 2. The third kappa shape index (κ3) is 8.78. The predicted octanol–water partition coefficient (Wildman–Crippen LogP) is 6.22. The van der Waals surface area contributed by atoms with Crippen LogP contribution in [0.5, 0.6) is 0 Å². The molecule has 214 valence electrons. The Morgan fingerprint density at radius 3 is 2.51 bits per heavy atom. The summed E-state index contributed by atoms with van der Waals surface area (Å²) in [6.07, 6.45) is 5.81. The molecule has 0 spiro atoms. The number of halogens is 1. The van der Waals surface area contributed by atoms with Gasteiger partial charge < -0.3 is 20.4 Å². The van der Waals surface area contributed by atoms with Gasteiger partial charge in [-0.05, 0) is 108 Å². The van der Waals surface area contributed by atoms with Crippen LogP contribution in [0.4, 0.5) is 5.69 Å². The number of piperidine rings is 1. The van der Waals surface area contributed by atoms with Gasteiger partial charge in [0.1, 0.15) is 5.54 Å². The van der Waals surface area contributed by atoms with Gasteiger partial charge >= 0.3 is 0 Å². The van der Waals surface area contributed by atoms with E-state index in [0.29, 0.717) is 26.4 Å². The number of likely N-dealkylation sites (tertiary alicyclic amines) is 1. The van der Waals surface area contributed by atoms with Crippen LogP contribution in [-0.4, -0.2) is 65.8 Å². The van der Waals surface area contributed by atoms with Crippen LogP contribution in [0.25, 0.3) is 0 Å². The molecule has 1 aromatic carbocycles. The summed E-state index contributed by atoms with van der Waals surface area (Å²) in [4.78, 5) is 43.8. The molecule has 39 heavy (non-hydrogen) atoms. The van der Waals surface area contributed by atoms with Crippen molar-refractivity contribution in [1.29, 1.82) is 0 Å². The number of carbonyl (C=O) groups excluding carboxylic acids is 3. The fourth-order valence-corrected chi connectivity index (χ4v) is 6.01. The number of rotatable bonds is 12. The van der Waals surface area contributed by atoms with Crippen LogP contribution >= 0.6 is 22.9 Å². The summed E-state index contributed by atoms with van der Waals surface area (Å²) in [5.41, 5.74) is 0.913. The summed E-state index contributed by atoms with van der Waals surface area (Å²) in [5.74, 6) is -0.0916. The van der Waals surface area contributed by atoms with Crippen molar-refractivity contribution in [3.05, 3.63) is 50.7 Å². The quantitative estimate of drug-likeness (QED) is 0.295. The van der Waals surface area contributed by atoms with Crippen LogP contribution in [0.15, 0.2) is 30.3 Å². The third-order valence-corrected chi connectivity index (χ3v) is 8.77. The second kappa shape index (κ2) is 14.3. The number of aryl methyl sites for hydroxylation is 1. The minimum absolute atomic E-state index is 0.0559. The Morgan fingerprint density at radius 1 is 1.13 bits per heavy atom. The van der Waals surface area contributed by atoms with Gasteiger partial charge in [0, 0.05) is 24.3 Å². The Balaban J connectivity index is 1.54. The lowest BCUT2D eigenvalue weighted by atomic mass is 9.92. The van der Waals surface area contributed by atoms with E-state index in [1.54, 1.807) is 38.1 Å². The third-order valence-electron chi connectivity index (χ3n) is 7.54. The number of carbonyl (C=O) groups is 3. The van der Waals surface area contributed by atoms with Crippen LogP contribution < -0.4 is 10.6 Å². The summed E-state index contributed by atoms with van der Waals surface area (Å²) < 4.78 is 0.512. The molecule has 1 aromatic heterocycles. The van der Waals surface area contributed by atoms with Crippen molar-refractivity contribution >= 4 is 46.3 Å². The first kappa shape index (κ1) is 31.1. The molecular formula is C30H43ClN4O3S. The molecule has 9 heteroatoms. The number of hydrogen-bond donors (Lipinski definition) is 2. The number of unbranched alkanes of at least 4 members (excludes halogenated alkanes) is 1. The predicted molar refractivity (Wildman–Crippen MR) is 161 cm³/mol. The summed E-state index contributed by atoms with van der Waals surface area (Å²) >= 11 is 7.09. The van der Waals surface area contributed by atoms with E-state index in [2.05, 4.69) is 29.4 Å². The zero-order valence-corrected chi connectivity index (χ0v) is 25.5. The first-order chi connectivity index (χ1) is 18.5. The van der Waals surface area contributed by atoms with Gasteiger partial charge in [0.05, 0.1) is 9.21 Å². The molecule has 1 unspecified atom stereocenters. The molecule has 0 saturated carbocycles. The highest BCUT2D eigenvalue weighted by molar-refractivity contribution is 7.18. The van der Waals surface area contributed by atoms with E-state index < -0.39 is 5.54 Å². The smallest absolute Gasteiger partial charge is 0.262 e. The monoisotopic (exact) mass is 574 g/mol. The summed E-state index contributed by atoms with van der Waals surface area (Å²) in [6.45, 7) is 14.6. The molecule has 3 rings (SSSR count). The maximum Gasteiger partial charge on any atom is 0.262 e. The first-order valence-corrected chi connectivity index (χ1v) is 15.2. The molecule has 0 aliphatic carbocycles. The molecular weight excluding hydrogens is 532 g/mol. The van der Waals surface area contributed by atoms with Gasteiger partial charge in [0.25, 0.3) is 11.8 Å². The largest absolute Gasteiger partial charge is 0.338 e. The van der Waals surface area contributed by atoms with E-state index in [1.807, 2.05) is 17.9 Å². The summed E-state index contributed by atoms with van der Waals surface area (Å²) in [5, 5.41) is 5.64. The van der Waals surface area contributed by atoms with Gasteiger partial charge in [-0.15, -0.1) is 11.3 Å². The molecule has 1 aliphatic rings. The fourth-order valence-electron chi connectivity index (χ4n) is 5.07. The van der Waals surface area contributed by atoms with E-state index in [0.717, 1.165) is 56.0 Å². The maximum absolute atomic E-state index is 13.4. The average Bonchev–Trinajstić information content (AvgIpc) is 3.35. The topological polar surface area (TPSA) is 81.8 Å². The van der Waals surface area contributed by atoms with Crippen molar-refractivity contribution in [2.75, 3.05) is 38.0 Å². The minimum atomic E-state index is -1.15. The highest BCUT2D eigenvalue weighted by Crippen LogP contribution is 2.26. The number of nitrogens with one attached hydrogen (secondary N) is 2. The van der Waals surface area contributed by atoms with Gasteiger partial charge in [-0.1, -0.05) is 31.9 Å². The summed E-state index contributed by atoms with van der Waals surface area (Å²) in [6, 6.07) is 8.65. The molecule has 2 aromatic rings. The average molecular weight is 575 g/mol. The van der Waals surface area contributed by atoms with E-state index in [-0.39, 0.29) is 17.7 Å². The number of amides is 3. The SMILES string of the molecule is CCN(CC)CCCCC1CCCN(C(=O)c2ccc(NC(=O)C(C)(C)NC(=O)c3ccc(Cl)s3)cc2C)C1. The van der Waals surface area contributed by atoms with Gasteiger partial charge in [-0.3, -0.25) is 14.4 Å². The highest BCUT2D eigenvalue weighted by atomic mass is 35.5. The Labute approximate surface area is 242 Å². The zero-order valence-electron chi connectivity index (χ0n) is 23.9. The standard InChI is InChI=1S/C30H43ClN4O3S/c1-6-34(7-2)17-9-8-11-22-12-10-18-35(20-22)28(37)24-14-13-23(19-21(24)3)32-29(38)30(4,5)33-27(36)25-15-16-26(31)39-25/h13-16,19,22H,6-12,17-18,20H2,1-5H3,(H,32,38)(H,33,36). The first-order valence-electron chi connectivity index (χ1n) is 14.1. The second-order valence-corrected chi connectivity index (χ2v) is 12.7. The van der Waals surface area contributed by atoms with Crippen molar-refractivity contribution in [3.8, 4) is 0 Å². The molecule has 1 atom stereocenters. The molecule has 2 heterocycles. The van der Waals surface area contributed by atoms with Crippen molar-refractivity contribution in [3.63, 3.8) is 0 Å². The molecule has 7 nitrogen and oxygen atoms in total. The van der Waals surface area contributed by atoms with E-state index in [1.165, 1.54) is 25.7 Å². The second-order valence-electron chi connectivity index (χ2n) is 10.9. The normalized spacial score (nSPS) is 15.9. The van der Waals surface area contributed by atoms with Crippen LogP contribution in [0.1, 0.15) is 85.4 Å². The lowest BCUT2D eigenvalue weighted by Gasteiger charge is -2.33. The van der Waals surface area contributed by atoms with Gasteiger partial charge in [0.2, 0.25) is 5.91 Å². The van der Waals surface area contributed by atoms with Crippen LogP contribution in [0.2, 0.25) is 4.34 Å². The number of benzene rings is 1. The Morgan fingerprint density at radius 2 is 1.87 bits per heavy atom.